The van der Waals surface area contributed by atoms with Crippen LogP contribution in [0, 0.1) is 0 Å². The second-order valence-corrected chi connectivity index (χ2v) is 4.08. The standard InChI is InChI=1S/C8H16NO3P/c1-5-9(6-2)13(10,11-7-3)12-8-4/h7-8H,3-6H2,1-2H3. The molecule has 0 aromatic carbocycles. The smallest absolute Gasteiger partial charge is 0.413 e. The Morgan fingerprint density at radius 2 is 1.62 bits per heavy atom. The third kappa shape index (κ3) is 3.25. The van der Waals surface area contributed by atoms with Crippen LogP contribution >= 0.6 is 7.75 Å². The van der Waals surface area contributed by atoms with Crippen molar-refractivity contribution in [2.45, 2.75) is 13.8 Å². The fraction of sp³-hybridized carbons (Fsp3) is 0.500. The van der Waals surface area contributed by atoms with E-state index in [4.69, 9.17) is 9.05 Å². The van der Waals surface area contributed by atoms with E-state index in [9.17, 15) is 4.57 Å². The van der Waals surface area contributed by atoms with Gasteiger partial charge in [-0.3, -0.25) is 0 Å². The van der Waals surface area contributed by atoms with Gasteiger partial charge in [0.05, 0.1) is 12.5 Å². The van der Waals surface area contributed by atoms with Gasteiger partial charge in [-0.2, -0.15) is 4.67 Å². The lowest BCUT2D eigenvalue weighted by atomic mass is 10.7. The normalized spacial score (nSPS) is 11.0. The van der Waals surface area contributed by atoms with Gasteiger partial charge in [0.1, 0.15) is 0 Å². The van der Waals surface area contributed by atoms with Crippen molar-refractivity contribution >= 4 is 7.75 Å². The molecule has 0 unspecified atom stereocenters. The summed E-state index contributed by atoms with van der Waals surface area (Å²) in [7, 11) is -3.23. The molecule has 0 fully saturated rings. The zero-order chi connectivity index (χ0) is 10.3. The molecule has 5 heteroatoms. The average Bonchev–Trinajstić information content (AvgIpc) is 2.07. The summed E-state index contributed by atoms with van der Waals surface area (Å²) in [6, 6.07) is 0. The summed E-state index contributed by atoms with van der Waals surface area (Å²) in [5.41, 5.74) is 0. The van der Waals surface area contributed by atoms with Crippen molar-refractivity contribution in [3.8, 4) is 0 Å². The zero-order valence-electron chi connectivity index (χ0n) is 8.10. The summed E-state index contributed by atoms with van der Waals surface area (Å²) < 4.78 is 23.2. The van der Waals surface area contributed by atoms with E-state index in [2.05, 4.69) is 13.2 Å². The highest BCUT2D eigenvalue weighted by Crippen LogP contribution is 2.51. The van der Waals surface area contributed by atoms with Crippen molar-refractivity contribution in [1.82, 2.24) is 4.67 Å². The van der Waals surface area contributed by atoms with E-state index < -0.39 is 7.75 Å². The first-order valence-electron chi connectivity index (χ1n) is 4.08. The molecule has 0 amide bonds. The highest BCUT2D eigenvalue weighted by molar-refractivity contribution is 7.51. The first-order chi connectivity index (χ1) is 6.14. The molecule has 0 bridgehead atoms. The van der Waals surface area contributed by atoms with Gasteiger partial charge in [0.15, 0.2) is 0 Å². The van der Waals surface area contributed by atoms with E-state index in [0.717, 1.165) is 12.5 Å². The van der Waals surface area contributed by atoms with Crippen molar-refractivity contribution in [3.63, 3.8) is 0 Å². The van der Waals surface area contributed by atoms with Gasteiger partial charge in [-0.15, -0.1) is 0 Å². The van der Waals surface area contributed by atoms with Crippen molar-refractivity contribution < 1.29 is 13.6 Å². The minimum Gasteiger partial charge on any atom is -0.413 e. The summed E-state index contributed by atoms with van der Waals surface area (Å²) in [4.78, 5) is 0. The van der Waals surface area contributed by atoms with Gasteiger partial charge in [0.2, 0.25) is 0 Å². The maximum absolute atomic E-state index is 11.9. The van der Waals surface area contributed by atoms with Crippen LogP contribution < -0.4 is 0 Å². The SMILES string of the molecule is C=COP(=O)(OC=C)N(CC)CC. The molecule has 0 aliphatic carbocycles. The zero-order valence-corrected chi connectivity index (χ0v) is 9.00. The van der Waals surface area contributed by atoms with Crippen LogP contribution in [0.4, 0.5) is 0 Å². The summed E-state index contributed by atoms with van der Waals surface area (Å²) in [5, 5.41) is 0. The molecule has 76 valence electrons. The van der Waals surface area contributed by atoms with Crippen molar-refractivity contribution in [3.05, 3.63) is 25.7 Å². The van der Waals surface area contributed by atoms with E-state index in [0.29, 0.717) is 13.1 Å². The predicted molar refractivity (Wildman–Crippen MR) is 53.1 cm³/mol. The molecule has 0 aromatic heterocycles. The number of hydrogen-bond acceptors (Lipinski definition) is 3. The van der Waals surface area contributed by atoms with E-state index in [1.165, 1.54) is 0 Å². The maximum Gasteiger partial charge on any atom is 0.514 e. The Balaban J connectivity index is 4.62. The molecule has 0 saturated heterocycles. The van der Waals surface area contributed by atoms with Crippen molar-refractivity contribution in [2.24, 2.45) is 0 Å². The molecule has 0 heterocycles. The summed E-state index contributed by atoms with van der Waals surface area (Å²) in [6.07, 6.45) is 2.23. The highest BCUT2D eigenvalue weighted by Gasteiger charge is 2.31. The second kappa shape index (κ2) is 5.84. The van der Waals surface area contributed by atoms with E-state index in [1.807, 2.05) is 13.8 Å². The number of hydrogen-bond donors (Lipinski definition) is 0. The lowest BCUT2D eigenvalue weighted by molar-refractivity contribution is 0.252. The molecular formula is C8H16NO3P. The molecule has 13 heavy (non-hydrogen) atoms. The van der Waals surface area contributed by atoms with Crippen LogP contribution in [0.3, 0.4) is 0 Å². The Hall–Kier alpha value is -0.730. The van der Waals surface area contributed by atoms with Gasteiger partial charge in [0.25, 0.3) is 0 Å². The van der Waals surface area contributed by atoms with Gasteiger partial charge in [-0.05, 0) is 0 Å². The second-order valence-electron chi connectivity index (χ2n) is 2.15. The molecular weight excluding hydrogens is 189 g/mol. The van der Waals surface area contributed by atoms with Gasteiger partial charge in [-0.25, -0.2) is 4.57 Å². The molecule has 4 nitrogen and oxygen atoms in total. The molecule has 0 aromatic rings. The Morgan fingerprint density at radius 1 is 1.23 bits per heavy atom. The molecule has 0 rings (SSSR count). The van der Waals surface area contributed by atoms with Crippen LogP contribution in [-0.2, 0) is 13.6 Å². The first kappa shape index (κ1) is 12.3. The van der Waals surface area contributed by atoms with E-state index in [-0.39, 0.29) is 0 Å². The van der Waals surface area contributed by atoms with Crippen LogP contribution in [-0.4, -0.2) is 17.8 Å². The fourth-order valence-electron chi connectivity index (χ4n) is 0.917. The molecule has 0 N–H and O–H groups in total. The van der Waals surface area contributed by atoms with E-state index >= 15 is 0 Å². The summed E-state index contributed by atoms with van der Waals surface area (Å²) >= 11 is 0. The van der Waals surface area contributed by atoms with Gasteiger partial charge >= 0.3 is 7.75 Å². The predicted octanol–water partition coefficient (Wildman–Crippen LogP) is 2.76. The van der Waals surface area contributed by atoms with Gasteiger partial charge in [-0.1, -0.05) is 27.0 Å². The van der Waals surface area contributed by atoms with Crippen LogP contribution in [0.25, 0.3) is 0 Å². The third-order valence-corrected chi connectivity index (χ3v) is 3.58. The Morgan fingerprint density at radius 3 is 1.85 bits per heavy atom. The molecule has 0 spiro atoms. The number of rotatable bonds is 7. The van der Waals surface area contributed by atoms with Crippen LogP contribution in [0.5, 0.6) is 0 Å². The van der Waals surface area contributed by atoms with Crippen LogP contribution in [0.2, 0.25) is 0 Å². The lowest BCUT2D eigenvalue weighted by Gasteiger charge is -2.25. The molecule has 0 aliphatic heterocycles. The summed E-state index contributed by atoms with van der Waals surface area (Å²) in [5.74, 6) is 0. The van der Waals surface area contributed by atoms with Gasteiger partial charge in [0, 0.05) is 13.1 Å². The largest absolute Gasteiger partial charge is 0.514 e. The molecule has 0 aliphatic rings. The topological polar surface area (TPSA) is 38.8 Å². The monoisotopic (exact) mass is 205 g/mol. The lowest BCUT2D eigenvalue weighted by Crippen LogP contribution is -2.20. The van der Waals surface area contributed by atoms with E-state index in [1.54, 1.807) is 4.67 Å². The highest BCUT2D eigenvalue weighted by atomic mass is 31.2. The minimum absolute atomic E-state index is 0.579. The third-order valence-electron chi connectivity index (χ3n) is 1.49. The molecule has 0 saturated carbocycles. The maximum atomic E-state index is 11.9. The Labute approximate surface area is 79.4 Å². The van der Waals surface area contributed by atoms with Gasteiger partial charge < -0.3 is 9.05 Å². The molecule has 0 radical (unpaired) electrons. The van der Waals surface area contributed by atoms with Crippen molar-refractivity contribution in [1.29, 1.82) is 0 Å². The average molecular weight is 205 g/mol. The quantitative estimate of drug-likeness (QED) is 0.473. The summed E-state index contributed by atoms with van der Waals surface area (Å²) in [6.45, 7) is 11.6. The Kier molecular flexibility index (Phi) is 5.51. The van der Waals surface area contributed by atoms with Crippen molar-refractivity contribution in [2.75, 3.05) is 13.1 Å². The van der Waals surface area contributed by atoms with Crippen LogP contribution in [0.15, 0.2) is 25.7 Å². The Bertz CT molecular complexity index is 199. The fourth-order valence-corrected chi connectivity index (χ4v) is 2.30. The number of nitrogens with zero attached hydrogens (tertiary/aromatic N) is 1. The minimum atomic E-state index is -3.23. The first-order valence-corrected chi connectivity index (χ1v) is 5.58. The molecule has 0 atom stereocenters. The van der Waals surface area contributed by atoms with Crippen LogP contribution in [0.1, 0.15) is 13.8 Å².